The molecule has 2 atom stereocenters. The molecule has 0 aliphatic carbocycles. The number of aromatic hydroxyl groups is 2. The Bertz CT molecular complexity index is 390. The highest BCUT2D eigenvalue weighted by atomic mass is 16.5. The van der Waals surface area contributed by atoms with Gasteiger partial charge in [0, 0.05) is 18.8 Å². The molecular weight excluding hydrogens is 232 g/mol. The standard InChI is InChI=1S/C14H22O4/c1-5-17-9(3)11-7-8-12(15)13(14(11)16)10(4)18-6-2/h7-10,15-16H,5-6H2,1-4H3. The summed E-state index contributed by atoms with van der Waals surface area (Å²) in [4.78, 5) is 0. The van der Waals surface area contributed by atoms with Crippen molar-refractivity contribution in [3.63, 3.8) is 0 Å². The molecule has 4 nitrogen and oxygen atoms in total. The van der Waals surface area contributed by atoms with Gasteiger partial charge in [0.05, 0.1) is 17.8 Å². The Balaban J connectivity index is 3.13. The maximum Gasteiger partial charge on any atom is 0.130 e. The Labute approximate surface area is 108 Å². The third-order valence-corrected chi connectivity index (χ3v) is 2.90. The fourth-order valence-electron chi connectivity index (χ4n) is 2.02. The Kier molecular flexibility index (Phi) is 5.44. The second-order valence-electron chi connectivity index (χ2n) is 4.13. The molecule has 1 aromatic carbocycles. The van der Waals surface area contributed by atoms with Crippen molar-refractivity contribution < 1.29 is 19.7 Å². The Hall–Kier alpha value is -1.26. The molecular formula is C14H22O4. The minimum atomic E-state index is -0.358. The van der Waals surface area contributed by atoms with Gasteiger partial charge in [-0.3, -0.25) is 0 Å². The number of phenolic OH excluding ortho intramolecular Hbond substituents is 2. The zero-order valence-electron chi connectivity index (χ0n) is 11.4. The van der Waals surface area contributed by atoms with E-state index in [0.717, 1.165) is 0 Å². The van der Waals surface area contributed by atoms with Gasteiger partial charge in [-0.15, -0.1) is 0 Å². The first-order valence-electron chi connectivity index (χ1n) is 6.30. The van der Waals surface area contributed by atoms with E-state index in [4.69, 9.17) is 9.47 Å². The molecule has 4 heteroatoms. The van der Waals surface area contributed by atoms with Crippen LogP contribution in [0, 0.1) is 0 Å². The van der Waals surface area contributed by atoms with Gasteiger partial charge in [0.2, 0.25) is 0 Å². The molecule has 0 saturated heterocycles. The van der Waals surface area contributed by atoms with Crippen LogP contribution in [0.1, 0.15) is 51.0 Å². The average molecular weight is 254 g/mol. The van der Waals surface area contributed by atoms with Crippen LogP contribution in [0.25, 0.3) is 0 Å². The normalized spacial score (nSPS) is 14.4. The van der Waals surface area contributed by atoms with Crippen LogP contribution in [-0.2, 0) is 9.47 Å². The van der Waals surface area contributed by atoms with Crippen LogP contribution < -0.4 is 0 Å². The van der Waals surface area contributed by atoms with Gasteiger partial charge in [-0.05, 0) is 39.8 Å². The van der Waals surface area contributed by atoms with Crippen LogP contribution in [0.3, 0.4) is 0 Å². The molecule has 18 heavy (non-hydrogen) atoms. The Morgan fingerprint density at radius 3 is 2.11 bits per heavy atom. The van der Waals surface area contributed by atoms with Gasteiger partial charge in [0.1, 0.15) is 11.5 Å². The van der Waals surface area contributed by atoms with Crippen LogP contribution in [-0.4, -0.2) is 23.4 Å². The summed E-state index contributed by atoms with van der Waals surface area (Å²) in [7, 11) is 0. The highest BCUT2D eigenvalue weighted by molar-refractivity contribution is 5.50. The first-order chi connectivity index (χ1) is 8.52. The summed E-state index contributed by atoms with van der Waals surface area (Å²) in [5, 5.41) is 20.1. The van der Waals surface area contributed by atoms with Crippen molar-refractivity contribution in [3.8, 4) is 11.5 Å². The number of hydrogen-bond donors (Lipinski definition) is 2. The number of phenols is 2. The van der Waals surface area contributed by atoms with Crippen molar-refractivity contribution in [2.45, 2.75) is 39.9 Å². The molecule has 0 aliphatic heterocycles. The van der Waals surface area contributed by atoms with E-state index in [9.17, 15) is 10.2 Å². The lowest BCUT2D eigenvalue weighted by atomic mass is 10.0. The van der Waals surface area contributed by atoms with E-state index in [-0.39, 0.29) is 23.7 Å². The molecule has 102 valence electrons. The topological polar surface area (TPSA) is 58.9 Å². The third kappa shape index (κ3) is 3.15. The number of ether oxygens (including phenoxy) is 2. The van der Waals surface area contributed by atoms with Gasteiger partial charge >= 0.3 is 0 Å². The second-order valence-corrected chi connectivity index (χ2v) is 4.13. The zero-order chi connectivity index (χ0) is 13.7. The lowest BCUT2D eigenvalue weighted by Gasteiger charge is -2.20. The SMILES string of the molecule is CCOC(C)c1ccc(O)c(C(C)OCC)c1O. The summed E-state index contributed by atoms with van der Waals surface area (Å²) < 4.78 is 10.9. The molecule has 1 rings (SSSR count). The van der Waals surface area contributed by atoms with Gasteiger partial charge < -0.3 is 19.7 Å². The summed E-state index contributed by atoms with van der Waals surface area (Å²) in [5.74, 6) is 0.0952. The maximum atomic E-state index is 10.2. The Morgan fingerprint density at radius 2 is 1.56 bits per heavy atom. The Morgan fingerprint density at radius 1 is 1.00 bits per heavy atom. The van der Waals surface area contributed by atoms with Crippen molar-refractivity contribution in [3.05, 3.63) is 23.3 Å². The molecule has 0 saturated carbocycles. The molecule has 2 unspecified atom stereocenters. The van der Waals surface area contributed by atoms with Crippen molar-refractivity contribution in [1.82, 2.24) is 0 Å². The largest absolute Gasteiger partial charge is 0.507 e. The molecule has 0 aromatic heterocycles. The molecule has 0 spiro atoms. The van der Waals surface area contributed by atoms with Gasteiger partial charge in [-0.25, -0.2) is 0 Å². The van der Waals surface area contributed by atoms with Crippen molar-refractivity contribution in [1.29, 1.82) is 0 Å². The second kappa shape index (κ2) is 6.61. The van der Waals surface area contributed by atoms with E-state index in [0.29, 0.717) is 24.3 Å². The number of benzene rings is 1. The highest BCUT2D eigenvalue weighted by Crippen LogP contribution is 2.40. The van der Waals surface area contributed by atoms with Crippen LogP contribution in [0.15, 0.2) is 12.1 Å². The van der Waals surface area contributed by atoms with Gasteiger partial charge in [0.15, 0.2) is 0 Å². The van der Waals surface area contributed by atoms with Crippen LogP contribution >= 0.6 is 0 Å². The molecule has 0 amide bonds. The van der Waals surface area contributed by atoms with E-state index < -0.39 is 0 Å². The smallest absolute Gasteiger partial charge is 0.130 e. The molecule has 0 bridgehead atoms. The first kappa shape index (κ1) is 14.8. The van der Waals surface area contributed by atoms with Crippen molar-refractivity contribution in [2.24, 2.45) is 0 Å². The molecule has 1 aromatic rings. The average Bonchev–Trinajstić information content (AvgIpc) is 2.29. The summed E-state index contributed by atoms with van der Waals surface area (Å²) in [6.07, 6.45) is -0.577. The summed E-state index contributed by atoms with van der Waals surface area (Å²) in [6, 6.07) is 3.24. The van der Waals surface area contributed by atoms with Crippen molar-refractivity contribution in [2.75, 3.05) is 13.2 Å². The molecule has 2 N–H and O–H groups in total. The molecule has 0 radical (unpaired) electrons. The first-order valence-corrected chi connectivity index (χ1v) is 6.30. The fourth-order valence-corrected chi connectivity index (χ4v) is 2.02. The van der Waals surface area contributed by atoms with Gasteiger partial charge in [-0.2, -0.15) is 0 Å². The number of hydrogen-bond acceptors (Lipinski definition) is 4. The van der Waals surface area contributed by atoms with Crippen LogP contribution in [0.4, 0.5) is 0 Å². The minimum absolute atomic E-state index is 0.0425. The van der Waals surface area contributed by atoms with Crippen LogP contribution in [0.2, 0.25) is 0 Å². The lowest BCUT2D eigenvalue weighted by Crippen LogP contribution is -2.05. The van der Waals surface area contributed by atoms with Gasteiger partial charge in [0.25, 0.3) is 0 Å². The van der Waals surface area contributed by atoms with Crippen molar-refractivity contribution >= 4 is 0 Å². The molecule has 0 aliphatic rings. The molecule has 0 fully saturated rings. The van der Waals surface area contributed by atoms with E-state index in [1.807, 2.05) is 20.8 Å². The fraction of sp³-hybridized carbons (Fsp3) is 0.571. The maximum absolute atomic E-state index is 10.2. The quantitative estimate of drug-likeness (QED) is 0.817. The summed E-state index contributed by atoms with van der Waals surface area (Å²) in [6.45, 7) is 8.52. The monoisotopic (exact) mass is 254 g/mol. The third-order valence-electron chi connectivity index (χ3n) is 2.90. The van der Waals surface area contributed by atoms with E-state index in [1.54, 1.807) is 19.1 Å². The van der Waals surface area contributed by atoms with Gasteiger partial charge in [-0.1, -0.05) is 0 Å². The van der Waals surface area contributed by atoms with Crippen LogP contribution in [0.5, 0.6) is 11.5 Å². The highest BCUT2D eigenvalue weighted by Gasteiger charge is 2.21. The molecule has 0 heterocycles. The summed E-state index contributed by atoms with van der Waals surface area (Å²) >= 11 is 0. The number of rotatable bonds is 6. The van der Waals surface area contributed by atoms with E-state index in [1.165, 1.54) is 0 Å². The predicted octanol–water partition coefficient (Wildman–Crippen LogP) is 3.29. The van der Waals surface area contributed by atoms with E-state index >= 15 is 0 Å². The zero-order valence-corrected chi connectivity index (χ0v) is 11.4. The lowest BCUT2D eigenvalue weighted by molar-refractivity contribution is 0.0671. The summed E-state index contributed by atoms with van der Waals surface area (Å²) in [5.41, 5.74) is 1.08. The minimum Gasteiger partial charge on any atom is -0.507 e. The van der Waals surface area contributed by atoms with E-state index in [2.05, 4.69) is 0 Å². The predicted molar refractivity (Wildman–Crippen MR) is 69.9 cm³/mol.